The maximum absolute atomic E-state index is 12.0. The Hall–Kier alpha value is -0.100. The Kier molecular flexibility index (Phi) is 12.3. The monoisotopic (exact) mass is 442 g/mol. The van der Waals surface area contributed by atoms with Crippen molar-refractivity contribution >= 4 is 43.8 Å². The smallest absolute Gasteiger partial charge is 0.308 e. The number of alkyl halides is 2. The van der Waals surface area contributed by atoms with Crippen molar-refractivity contribution in [2.24, 2.45) is 5.92 Å². The fourth-order valence-corrected chi connectivity index (χ4v) is 3.10. The molecule has 0 aromatic rings. The van der Waals surface area contributed by atoms with E-state index in [1.165, 1.54) is 0 Å². The summed E-state index contributed by atoms with van der Waals surface area (Å²) >= 11 is 6.99. The number of esters is 2. The van der Waals surface area contributed by atoms with Gasteiger partial charge in [0.25, 0.3) is 0 Å². The second-order valence-electron chi connectivity index (χ2n) is 5.52. The zero-order valence-corrected chi connectivity index (χ0v) is 17.1. The molecule has 0 fully saturated rings. The second kappa shape index (κ2) is 12.3. The summed E-state index contributed by atoms with van der Waals surface area (Å²) in [6.07, 6.45) is 3.00. The molecule has 6 heteroatoms. The van der Waals surface area contributed by atoms with Gasteiger partial charge >= 0.3 is 11.9 Å². The van der Waals surface area contributed by atoms with E-state index in [0.717, 1.165) is 12.8 Å². The van der Waals surface area contributed by atoms with Gasteiger partial charge in [0.1, 0.15) is 6.10 Å². The van der Waals surface area contributed by atoms with Crippen LogP contribution in [0.4, 0.5) is 0 Å². The molecular formula is C16H28Br2O4. The fraction of sp³-hybridized carbons (Fsp3) is 0.875. The summed E-state index contributed by atoms with van der Waals surface area (Å²) < 4.78 is 10.6. The number of carbonyl (C=O) groups excluding carboxylic acids is 2. The fourth-order valence-electron chi connectivity index (χ4n) is 2.23. The molecule has 0 aromatic carbocycles. The topological polar surface area (TPSA) is 52.6 Å². The number of halogens is 2. The van der Waals surface area contributed by atoms with Gasteiger partial charge in [0, 0.05) is 16.1 Å². The molecular weight excluding hydrogens is 416 g/mol. The molecule has 4 unspecified atom stereocenters. The van der Waals surface area contributed by atoms with Gasteiger partial charge in [0.2, 0.25) is 0 Å². The maximum atomic E-state index is 12.0. The van der Waals surface area contributed by atoms with E-state index in [1.54, 1.807) is 6.92 Å². The molecule has 0 aliphatic heterocycles. The largest absolute Gasteiger partial charge is 0.466 e. The van der Waals surface area contributed by atoms with Crippen LogP contribution in [-0.4, -0.2) is 34.3 Å². The van der Waals surface area contributed by atoms with E-state index in [2.05, 4.69) is 31.9 Å². The van der Waals surface area contributed by atoms with Crippen molar-refractivity contribution in [1.82, 2.24) is 0 Å². The Morgan fingerprint density at radius 1 is 1.00 bits per heavy atom. The molecule has 0 rings (SSSR count). The highest BCUT2D eigenvalue weighted by Gasteiger charge is 2.24. The minimum atomic E-state index is -0.195. The number of hydrogen-bond acceptors (Lipinski definition) is 4. The van der Waals surface area contributed by atoms with Crippen LogP contribution in [0.1, 0.15) is 59.8 Å². The molecule has 0 N–H and O–H groups in total. The third-order valence-electron chi connectivity index (χ3n) is 3.24. The van der Waals surface area contributed by atoms with E-state index in [9.17, 15) is 9.59 Å². The van der Waals surface area contributed by atoms with E-state index in [4.69, 9.17) is 9.47 Å². The highest BCUT2D eigenvalue weighted by Crippen LogP contribution is 2.23. The molecule has 0 amide bonds. The van der Waals surface area contributed by atoms with Crippen LogP contribution < -0.4 is 0 Å². The van der Waals surface area contributed by atoms with Gasteiger partial charge in [-0.2, -0.15) is 0 Å². The summed E-state index contributed by atoms with van der Waals surface area (Å²) in [7, 11) is 0. The van der Waals surface area contributed by atoms with E-state index in [-0.39, 0.29) is 33.6 Å². The number of hydrogen-bond donors (Lipinski definition) is 0. The minimum absolute atomic E-state index is 0.163. The number of rotatable bonds is 11. The molecule has 4 atom stereocenters. The van der Waals surface area contributed by atoms with Gasteiger partial charge < -0.3 is 9.47 Å². The average Bonchev–Trinajstić information content (AvgIpc) is 2.42. The van der Waals surface area contributed by atoms with Gasteiger partial charge in [-0.1, -0.05) is 52.6 Å². The van der Waals surface area contributed by atoms with Crippen LogP contribution in [0.15, 0.2) is 0 Å². The summed E-state index contributed by atoms with van der Waals surface area (Å²) in [6, 6.07) is 0. The average molecular weight is 444 g/mol. The first-order valence-electron chi connectivity index (χ1n) is 7.94. The van der Waals surface area contributed by atoms with E-state index in [1.807, 2.05) is 20.8 Å². The Morgan fingerprint density at radius 3 is 2.05 bits per heavy atom. The van der Waals surface area contributed by atoms with Crippen LogP contribution in [0.5, 0.6) is 0 Å². The lowest BCUT2D eigenvalue weighted by Gasteiger charge is -2.22. The first-order valence-corrected chi connectivity index (χ1v) is 9.77. The van der Waals surface area contributed by atoms with Crippen LogP contribution in [0.3, 0.4) is 0 Å². The molecule has 0 spiro atoms. The molecule has 130 valence electrons. The first kappa shape index (κ1) is 21.9. The van der Waals surface area contributed by atoms with Gasteiger partial charge in [-0.25, -0.2) is 0 Å². The normalized spacial score (nSPS) is 16.5. The Labute approximate surface area is 150 Å². The molecule has 0 heterocycles. The molecule has 0 aliphatic carbocycles. The lowest BCUT2D eigenvalue weighted by atomic mass is 9.95. The summed E-state index contributed by atoms with van der Waals surface area (Å²) in [5.41, 5.74) is 0. The SMILES string of the molecule is CCOC(=O)C(CCC(CC(C)Br)OC(=O)CC)CC(C)Br. The molecule has 0 radical (unpaired) electrons. The van der Waals surface area contributed by atoms with Gasteiger partial charge in [-0.3, -0.25) is 9.59 Å². The van der Waals surface area contributed by atoms with Gasteiger partial charge in [0.05, 0.1) is 12.5 Å². The third-order valence-corrected chi connectivity index (χ3v) is 3.99. The zero-order chi connectivity index (χ0) is 17.1. The zero-order valence-electron chi connectivity index (χ0n) is 13.9. The highest BCUT2D eigenvalue weighted by atomic mass is 79.9. The number of carbonyl (C=O) groups is 2. The Morgan fingerprint density at radius 2 is 1.59 bits per heavy atom. The van der Waals surface area contributed by atoms with Crippen molar-refractivity contribution in [2.45, 2.75) is 75.6 Å². The van der Waals surface area contributed by atoms with Crippen molar-refractivity contribution in [1.29, 1.82) is 0 Å². The molecule has 0 saturated carbocycles. The van der Waals surface area contributed by atoms with Crippen LogP contribution >= 0.6 is 31.9 Å². The van der Waals surface area contributed by atoms with E-state index >= 15 is 0 Å². The van der Waals surface area contributed by atoms with Crippen molar-refractivity contribution in [3.8, 4) is 0 Å². The molecule has 0 aliphatic rings. The molecule has 4 nitrogen and oxygen atoms in total. The minimum Gasteiger partial charge on any atom is -0.466 e. The maximum Gasteiger partial charge on any atom is 0.308 e. The standard InChI is InChI=1S/C16H28Br2O4/c1-5-15(19)22-14(10-12(4)18)8-7-13(9-11(3)17)16(20)21-6-2/h11-14H,5-10H2,1-4H3. The van der Waals surface area contributed by atoms with Crippen molar-refractivity contribution < 1.29 is 19.1 Å². The van der Waals surface area contributed by atoms with Crippen molar-refractivity contribution in [3.63, 3.8) is 0 Å². The quantitative estimate of drug-likeness (QED) is 0.345. The number of ether oxygens (including phenoxy) is 2. The molecule has 0 bridgehead atoms. The Bertz CT molecular complexity index is 332. The lowest BCUT2D eigenvalue weighted by Crippen LogP contribution is -2.25. The van der Waals surface area contributed by atoms with Crippen molar-refractivity contribution in [2.75, 3.05) is 6.61 Å². The third kappa shape index (κ3) is 10.6. The Balaban J connectivity index is 4.63. The molecule has 0 aromatic heterocycles. The summed E-state index contributed by atoms with van der Waals surface area (Å²) in [5, 5.41) is 0. The van der Waals surface area contributed by atoms with E-state index < -0.39 is 0 Å². The van der Waals surface area contributed by atoms with Crippen molar-refractivity contribution in [3.05, 3.63) is 0 Å². The highest BCUT2D eigenvalue weighted by molar-refractivity contribution is 9.09. The van der Waals surface area contributed by atoms with Gasteiger partial charge in [-0.05, 0) is 32.6 Å². The molecule has 0 saturated heterocycles. The predicted octanol–water partition coefficient (Wildman–Crippen LogP) is 4.61. The lowest BCUT2D eigenvalue weighted by molar-refractivity contribution is -0.150. The summed E-state index contributed by atoms with van der Waals surface area (Å²) in [6.45, 7) is 8.02. The van der Waals surface area contributed by atoms with Gasteiger partial charge in [-0.15, -0.1) is 0 Å². The van der Waals surface area contributed by atoms with E-state index in [0.29, 0.717) is 25.9 Å². The van der Waals surface area contributed by atoms with Crippen LogP contribution in [0.2, 0.25) is 0 Å². The second-order valence-corrected chi connectivity index (χ2v) is 8.65. The summed E-state index contributed by atoms with van der Waals surface area (Å²) in [5.74, 6) is -0.524. The van der Waals surface area contributed by atoms with Crippen LogP contribution in [0, 0.1) is 5.92 Å². The first-order chi connectivity index (χ1) is 10.3. The van der Waals surface area contributed by atoms with Crippen LogP contribution in [0.25, 0.3) is 0 Å². The predicted molar refractivity (Wildman–Crippen MR) is 95.5 cm³/mol. The molecule has 22 heavy (non-hydrogen) atoms. The summed E-state index contributed by atoms with van der Waals surface area (Å²) in [4.78, 5) is 24.1. The van der Waals surface area contributed by atoms with Gasteiger partial charge in [0.15, 0.2) is 0 Å². The van der Waals surface area contributed by atoms with Crippen LogP contribution in [-0.2, 0) is 19.1 Å².